The first-order chi connectivity index (χ1) is 10.6. The normalized spacial score (nSPS) is 24.5. The van der Waals surface area contributed by atoms with Crippen molar-refractivity contribution in [2.24, 2.45) is 11.7 Å². The van der Waals surface area contributed by atoms with Crippen molar-refractivity contribution < 1.29 is 9.59 Å². The van der Waals surface area contributed by atoms with Crippen molar-refractivity contribution in [1.82, 2.24) is 4.90 Å². The monoisotopic (exact) mass is 401 g/mol. The Morgan fingerprint density at radius 2 is 1.96 bits per heavy atom. The molecule has 0 radical (unpaired) electrons. The van der Waals surface area contributed by atoms with Crippen molar-refractivity contribution in [1.29, 1.82) is 0 Å². The largest absolute Gasteiger partial charge is 0.340 e. The molecule has 0 aliphatic carbocycles. The van der Waals surface area contributed by atoms with Crippen molar-refractivity contribution in [3.63, 3.8) is 0 Å². The molecule has 3 rings (SSSR count). The van der Waals surface area contributed by atoms with Gasteiger partial charge >= 0.3 is 0 Å². The third kappa shape index (κ3) is 3.70. The Morgan fingerprint density at radius 3 is 2.65 bits per heavy atom. The SMILES string of the molecule is Cl.NC1CCCN(C(=O)C2CCN(c3ccccc3Br)C2=O)C1. The minimum Gasteiger partial charge on any atom is -0.340 e. The maximum absolute atomic E-state index is 12.7. The van der Waals surface area contributed by atoms with E-state index in [9.17, 15) is 9.59 Å². The summed E-state index contributed by atoms with van der Waals surface area (Å²) < 4.78 is 0.872. The number of nitrogens with zero attached hydrogens (tertiary/aromatic N) is 2. The standard InChI is InChI=1S/C16H20BrN3O2.ClH/c17-13-5-1-2-6-14(13)20-9-7-12(16(20)22)15(21)19-8-3-4-11(18)10-19;/h1-2,5-6,11-12H,3-4,7-10,18H2;1H. The summed E-state index contributed by atoms with van der Waals surface area (Å²) in [5.41, 5.74) is 6.77. The molecule has 2 aliphatic rings. The lowest BCUT2D eigenvalue weighted by atomic mass is 10.0. The number of hydrogen-bond donors (Lipinski definition) is 1. The molecular formula is C16H21BrClN3O2. The molecule has 5 nitrogen and oxygen atoms in total. The number of anilines is 1. The van der Waals surface area contributed by atoms with Crippen LogP contribution in [0.3, 0.4) is 0 Å². The van der Waals surface area contributed by atoms with Crippen molar-refractivity contribution in [3.8, 4) is 0 Å². The fourth-order valence-electron chi connectivity index (χ4n) is 3.25. The van der Waals surface area contributed by atoms with Gasteiger partial charge in [0.2, 0.25) is 11.8 Å². The smallest absolute Gasteiger partial charge is 0.239 e. The molecule has 0 aromatic heterocycles. The first kappa shape index (κ1) is 18.2. The fraction of sp³-hybridized carbons (Fsp3) is 0.500. The van der Waals surface area contributed by atoms with Crippen LogP contribution in [0.4, 0.5) is 5.69 Å². The van der Waals surface area contributed by atoms with Crippen molar-refractivity contribution in [2.75, 3.05) is 24.5 Å². The van der Waals surface area contributed by atoms with Crippen LogP contribution in [0.25, 0.3) is 0 Å². The van der Waals surface area contributed by atoms with Crippen LogP contribution in [-0.2, 0) is 9.59 Å². The maximum atomic E-state index is 12.7. The highest BCUT2D eigenvalue weighted by atomic mass is 79.9. The molecule has 7 heteroatoms. The number of piperidine rings is 1. The van der Waals surface area contributed by atoms with E-state index in [1.807, 2.05) is 24.3 Å². The molecule has 2 unspecified atom stereocenters. The van der Waals surface area contributed by atoms with Crippen LogP contribution in [-0.4, -0.2) is 42.4 Å². The summed E-state index contributed by atoms with van der Waals surface area (Å²) in [6, 6.07) is 7.64. The number of halogens is 2. The predicted octanol–water partition coefficient (Wildman–Crippen LogP) is 2.17. The zero-order valence-electron chi connectivity index (χ0n) is 12.8. The molecule has 1 aromatic rings. The summed E-state index contributed by atoms with van der Waals surface area (Å²) in [6.07, 6.45) is 2.44. The van der Waals surface area contributed by atoms with Crippen LogP contribution in [0, 0.1) is 5.92 Å². The topological polar surface area (TPSA) is 66.6 Å². The zero-order chi connectivity index (χ0) is 15.7. The Labute approximate surface area is 150 Å². The van der Waals surface area contributed by atoms with E-state index in [4.69, 9.17) is 5.73 Å². The number of amides is 2. The lowest BCUT2D eigenvalue weighted by molar-refractivity contribution is -0.140. The van der Waals surface area contributed by atoms with E-state index >= 15 is 0 Å². The van der Waals surface area contributed by atoms with E-state index in [-0.39, 0.29) is 30.3 Å². The molecule has 0 saturated carbocycles. The number of hydrogen-bond acceptors (Lipinski definition) is 3. The van der Waals surface area contributed by atoms with Gasteiger partial charge in [0.05, 0.1) is 5.69 Å². The molecule has 23 heavy (non-hydrogen) atoms. The second-order valence-corrected chi connectivity index (χ2v) is 6.82. The van der Waals surface area contributed by atoms with E-state index in [0.717, 1.165) is 23.0 Å². The van der Waals surface area contributed by atoms with Crippen LogP contribution in [0.5, 0.6) is 0 Å². The van der Waals surface area contributed by atoms with Gasteiger partial charge in [-0.1, -0.05) is 12.1 Å². The number of nitrogens with two attached hydrogens (primary N) is 1. The lowest BCUT2D eigenvalue weighted by Crippen LogP contribution is -2.49. The first-order valence-corrected chi connectivity index (χ1v) is 8.47. The van der Waals surface area contributed by atoms with Gasteiger partial charge in [0, 0.05) is 30.1 Å². The zero-order valence-corrected chi connectivity index (χ0v) is 15.2. The van der Waals surface area contributed by atoms with Gasteiger partial charge < -0.3 is 15.5 Å². The molecule has 0 spiro atoms. The molecule has 2 N–H and O–H groups in total. The fourth-order valence-corrected chi connectivity index (χ4v) is 3.75. The molecule has 1 aromatic carbocycles. The van der Waals surface area contributed by atoms with Crippen LogP contribution in [0.15, 0.2) is 28.7 Å². The minimum absolute atomic E-state index is 0. The van der Waals surface area contributed by atoms with E-state index in [0.29, 0.717) is 26.1 Å². The average molecular weight is 403 g/mol. The third-order valence-corrected chi connectivity index (χ3v) is 5.09. The van der Waals surface area contributed by atoms with Gasteiger partial charge in [-0.3, -0.25) is 9.59 Å². The Hall–Kier alpha value is -1.11. The maximum Gasteiger partial charge on any atom is 0.239 e. The molecule has 2 amide bonds. The third-order valence-electron chi connectivity index (χ3n) is 4.42. The molecule has 2 atom stereocenters. The molecular weight excluding hydrogens is 382 g/mol. The average Bonchev–Trinajstić information content (AvgIpc) is 2.88. The Balaban J connectivity index is 0.00000192. The van der Waals surface area contributed by atoms with Crippen LogP contribution in [0.2, 0.25) is 0 Å². The molecule has 0 bridgehead atoms. The van der Waals surface area contributed by atoms with Gasteiger partial charge in [0.1, 0.15) is 5.92 Å². The summed E-state index contributed by atoms with van der Waals surface area (Å²) in [6.45, 7) is 1.86. The Bertz CT molecular complexity index is 598. The summed E-state index contributed by atoms with van der Waals surface area (Å²) in [5, 5.41) is 0. The first-order valence-electron chi connectivity index (χ1n) is 7.68. The molecule has 2 fully saturated rings. The van der Waals surface area contributed by atoms with Gasteiger partial charge in [0.25, 0.3) is 0 Å². The van der Waals surface area contributed by atoms with Crippen molar-refractivity contribution in [2.45, 2.75) is 25.3 Å². The number of para-hydroxylation sites is 1. The number of benzene rings is 1. The van der Waals surface area contributed by atoms with Gasteiger partial charge in [-0.25, -0.2) is 0 Å². The number of rotatable bonds is 2. The summed E-state index contributed by atoms with van der Waals surface area (Å²) in [7, 11) is 0. The number of carbonyl (C=O) groups excluding carboxylic acids is 2. The minimum atomic E-state index is -0.558. The van der Waals surface area contributed by atoms with E-state index < -0.39 is 5.92 Å². The second kappa shape index (κ2) is 7.64. The van der Waals surface area contributed by atoms with E-state index in [1.54, 1.807) is 9.80 Å². The Morgan fingerprint density at radius 1 is 1.22 bits per heavy atom. The van der Waals surface area contributed by atoms with E-state index in [2.05, 4.69) is 15.9 Å². The van der Waals surface area contributed by atoms with Crippen LogP contribution in [0.1, 0.15) is 19.3 Å². The molecule has 2 heterocycles. The number of likely N-dealkylation sites (tertiary alicyclic amines) is 1. The van der Waals surface area contributed by atoms with Crippen molar-refractivity contribution >= 4 is 45.8 Å². The van der Waals surface area contributed by atoms with Gasteiger partial charge in [-0.2, -0.15) is 0 Å². The van der Waals surface area contributed by atoms with E-state index in [1.165, 1.54) is 0 Å². The summed E-state index contributed by atoms with van der Waals surface area (Å²) in [5.74, 6) is -0.719. The second-order valence-electron chi connectivity index (χ2n) is 5.97. The van der Waals surface area contributed by atoms with Crippen LogP contribution < -0.4 is 10.6 Å². The highest BCUT2D eigenvalue weighted by Gasteiger charge is 2.40. The molecule has 2 aliphatic heterocycles. The quantitative estimate of drug-likeness (QED) is 0.771. The summed E-state index contributed by atoms with van der Waals surface area (Å²) in [4.78, 5) is 28.7. The molecule has 2 saturated heterocycles. The molecule has 126 valence electrons. The predicted molar refractivity (Wildman–Crippen MR) is 95.6 cm³/mol. The van der Waals surface area contributed by atoms with Gasteiger partial charge in [-0.15, -0.1) is 12.4 Å². The summed E-state index contributed by atoms with van der Waals surface area (Å²) >= 11 is 3.47. The lowest BCUT2D eigenvalue weighted by Gasteiger charge is -2.32. The van der Waals surface area contributed by atoms with Gasteiger partial charge in [0.15, 0.2) is 0 Å². The van der Waals surface area contributed by atoms with Crippen LogP contribution >= 0.6 is 28.3 Å². The van der Waals surface area contributed by atoms with Gasteiger partial charge in [-0.05, 0) is 47.3 Å². The van der Waals surface area contributed by atoms with Crippen molar-refractivity contribution in [3.05, 3.63) is 28.7 Å². The highest BCUT2D eigenvalue weighted by Crippen LogP contribution is 2.32. The highest BCUT2D eigenvalue weighted by molar-refractivity contribution is 9.10. The number of carbonyl (C=O) groups is 2. The Kier molecular flexibility index (Phi) is 6.06.